The van der Waals surface area contributed by atoms with Crippen LogP contribution in [-0.2, 0) is 13.2 Å². The Morgan fingerprint density at radius 3 is 2.45 bits per heavy atom. The molecule has 0 atom stereocenters. The summed E-state index contributed by atoms with van der Waals surface area (Å²) in [6, 6.07) is 25.2. The van der Waals surface area contributed by atoms with Gasteiger partial charge in [-0.15, -0.1) is 11.3 Å². The number of thiazole rings is 1. The minimum absolute atomic E-state index is 0.106. The quantitative estimate of drug-likeness (QED) is 0.332. The van der Waals surface area contributed by atoms with E-state index in [4.69, 9.17) is 16.3 Å². The van der Waals surface area contributed by atoms with Gasteiger partial charge in [-0.3, -0.25) is 4.79 Å². The standard InChI is InChI=1S/C25H21ClN2O2S/c1-28(15-18-7-3-2-4-8-18)25(29)22-17-31-24(27-22)21-9-5-6-10-23(21)30-16-19-11-13-20(26)14-12-19/h2-14,17H,15-16H2,1H3. The number of hydrogen-bond donors (Lipinski definition) is 0. The monoisotopic (exact) mass is 448 g/mol. The Labute approximate surface area is 190 Å². The van der Waals surface area contributed by atoms with Crippen molar-refractivity contribution in [1.82, 2.24) is 9.88 Å². The summed E-state index contributed by atoms with van der Waals surface area (Å²) >= 11 is 7.39. The molecule has 0 saturated carbocycles. The van der Waals surface area contributed by atoms with Gasteiger partial charge >= 0.3 is 0 Å². The number of para-hydroxylation sites is 1. The third-order valence-corrected chi connectivity index (χ3v) is 5.89. The predicted octanol–water partition coefficient (Wildman–Crippen LogP) is 6.31. The predicted molar refractivity (Wildman–Crippen MR) is 126 cm³/mol. The van der Waals surface area contributed by atoms with Crippen molar-refractivity contribution in [2.75, 3.05) is 7.05 Å². The molecule has 0 aliphatic heterocycles. The van der Waals surface area contributed by atoms with Gasteiger partial charge in [0.15, 0.2) is 0 Å². The van der Waals surface area contributed by atoms with Crippen molar-refractivity contribution in [3.05, 3.63) is 106 Å². The highest BCUT2D eigenvalue weighted by molar-refractivity contribution is 7.13. The zero-order valence-electron chi connectivity index (χ0n) is 17.0. The third-order valence-electron chi connectivity index (χ3n) is 4.76. The molecule has 1 aromatic heterocycles. The summed E-state index contributed by atoms with van der Waals surface area (Å²) in [5.74, 6) is 0.620. The Hall–Kier alpha value is -3.15. The molecule has 0 saturated heterocycles. The molecule has 0 aliphatic carbocycles. The first-order chi connectivity index (χ1) is 15.1. The van der Waals surface area contributed by atoms with E-state index in [0.717, 1.165) is 27.4 Å². The smallest absolute Gasteiger partial charge is 0.273 e. The second-order valence-corrected chi connectivity index (χ2v) is 8.39. The van der Waals surface area contributed by atoms with Crippen molar-refractivity contribution in [3.8, 4) is 16.3 Å². The first-order valence-electron chi connectivity index (χ1n) is 9.82. The van der Waals surface area contributed by atoms with Gasteiger partial charge in [0.25, 0.3) is 5.91 Å². The van der Waals surface area contributed by atoms with Gasteiger partial charge in [0.2, 0.25) is 0 Å². The third kappa shape index (κ3) is 5.32. The molecule has 0 bridgehead atoms. The van der Waals surface area contributed by atoms with Gasteiger partial charge in [0.05, 0.1) is 5.56 Å². The molecule has 0 N–H and O–H groups in total. The molecule has 3 aromatic carbocycles. The number of halogens is 1. The lowest BCUT2D eigenvalue weighted by molar-refractivity contribution is 0.0780. The van der Waals surface area contributed by atoms with Gasteiger partial charge in [-0.2, -0.15) is 0 Å². The van der Waals surface area contributed by atoms with Crippen LogP contribution in [-0.4, -0.2) is 22.8 Å². The Balaban J connectivity index is 1.48. The summed E-state index contributed by atoms with van der Waals surface area (Å²) in [6.07, 6.45) is 0. The number of amides is 1. The van der Waals surface area contributed by atoms with Crippen LogP contribution in [0.2, 0.25) is 5.02 Å². The maximum absolute atomic E-state index is 12.8. The molecule has 0 fully saturated rings. The number of benzene rings is 3. The van der Waals surface area contributed by atoms with Gasteiger partial charge in [-0.05, 0) is 35.4 Å². The molecular formula is C25H21ClN2O2S. The molecule has 6 heteroatoms. The number of aromatic nitrogens is 1. The van der Waals surface area contributed by atoms with Crippen LogP contribution < -0.4 is 4.74 Å². The fourth-order valence-electron chi connectivity index (χ4n) is 3.13. The van der Waals surface area contributed by atoms with Crippen molar-refractivity contribution in [2.24, 2.45) is 0 Å². The highest BCUT2D eigenvalue weighted by atomic mass is 35.5. The average Bonchev–Trinajstić information content (AvgIpc) is 3.29. The molecule has 4 rings (SSSR count). The second kappa shape index (κ2) is 9.77. The van der Waals surface area contributed by atoms with Crippen molar-refractivity contribution in [1.29, 1.82) is 0 Å². The Bertz CT molecular complexity index is 1160. The summed E-state index contributed by atoms with van der Waals surface area (Å²) in [6.45, 7) is 0.957. The normalized spacial score (nSPS) is 10.6. The Morgan fingerprint density at radius 1 is 0.968 bits per heavy atom. The van der Waals surface area contributed by atoms with Crippen LogP contribution in [0, 0.1) is 0 Å². The molecule has 31 heavy (non-hydrogen) atoms. The number of ether oxygens (including phenoxy) is 1. The van der Waals surface area contributed by atoms with E-state index in [1.807, 2.05) is 78.9 Å². The van der Waals surface area contributed by atoms with Crippen LogP contribution >= 0.6 is 22.9 Å². The van der Waals surface area contributed by atoms with Crippen molar-refractivity contribution in [3.63, 3.8) is 0 Å². The van der Waals surface area contributed by atoms with E-state index >= 15 is 0 Å². The van der Waals surface area contributed by atoms with E-state index in [1.54, 1.807) is 17.3 Å². The molecule has 0 aliphatic rings. The fourth-order valence-corrected chi connectivity index (χ4v) is 4.08. The van der Waals surface area contributed by atoms with Gasteiger partial charge in [-0.1, -0.05) is 66.2 Å². The highest BCUT2D eigenvalue weighted by Gasteiger charge is 2.18. The molecule has 1 heterocycles. The van der Waals surface area contributed by atoms with Gasteiger partial charge in [0.1, 0.15) is 23.1 Å². The Kier molecular flexibility index (Phi) is 6.65. The maximum atomic E-state index is 12.8. The van der Waals surface area contributed by atoms with Crippen LogP contribution in [0.5, 0.6) is 5.75 Å². The van der Waals surface area contributed by atoms with Crippen LogP contribution in [0.25, 0.3) is 10.6 Å². The lowest BCUT2D eigenvalue weighted by Crippen LogP contribution is -2.26. The van der Waals surface area contributed by atoms with E-state index in [2.05, 4.69) is 4.98 Å². The van der Waals surface area contributed by atoms with Crippen molar-refractivity contribution >= 4 is 28.8 Å². The lowest BCUT2D eigenvalue weighted by Gasteiger charge is -2.15. The Morgan fingerprint density at radius 2 is 1.68 bits per heavy atom. The van der Waals surface area contributed by atoms with Crippen LogP contribution in [0.1, 0.15) is 21.6 Å². The summed E-state index contributed by atoms with van der Waals surface area (Å²) in [5.41, 5.74) is 3.41. The molecule has 4 aromatic rings. The van der Waals surface area contributed by atoms with E-state index < -0.39 is 0 Å². The SMILES string of the molecule is CN(Cc1ccccc1)C(=O)c1csc(-c2ccccc2OCc2ccc(Cl)cc2)n1. The zero-order chi connectivity index (χ0) is 21.6. The largest absolute Gasteiger partial charge is 0.488 e. The van der Waals surface area contributed by atoms with Gasteiger partial charge < -0.3 is 9.64 Å². The summed E-state index contributed by atoms with van der Waals surface area (Å²) < 4.78 is 6.04. The van der Waals surface area contributed by atoms with Crippen LogP contribution in [0.4, 0.5) is 0 Å². The maximum Gasteiger partial charge on any atom is 0.273 e. The van der Waals surface area contributed by atoms with Gasteiger partial charge in [0, 0.05) is 24.0 Å². The summed E-state index contributed by atoms with van der Waals surface area (Å²) in [4.78, 5) is 19.1. The zero-order valence-corrected chi connectivity index (χ0v) is 18.6. The summed E-state index contributed by atoms with van der Waals surface area (Å²) in [7, 11) is 1.79. The van der Waals surface area contributed by atoms with E-state index in [-0.39, 0.29) is 5.91 Å². The van der Waals surface area contributed by atoms with Gasteiger partial charge in [-0.25, -0.2) is 4.98 Å². The minimum Gasteiger partial charge on any atom is -0.488 e. The fraction of sp³-hybridized carbons (Fsp3) is 0.120. The molecule has 4 nitrogen and oxygen atoms in total. The van der Waals surface area contributed by atoms with E-state index in [9.17, 15) is 4.79 Å². The van der Waals surface area contributed by atoms with Crippen molar-refractivity contribution in [2.45, 2.75) is 13.2 Å². The van der Waals surface area contributed by atoms with Crippen molar-refractivity contribution < 1.29 is 9.53 Å². The molecular weight excluding hydrogens is 428 g/mol. The number of hydrogen-bond acceptors (Lipinski definition) is 4. The number of nitrogens with zero attached hydrogens (tertiary/aromatic N) is 2. The van der Waals surface area contributed by atoms with E-state index in [0.29, 0.717) is 23.9 Å². The van der Waals surface area contributed by atoms with Crippen LogP contribution in [0.3, 0.4) is 0 Å². The average molecular weight is 449 g/mol. The number of rotatable bonds is 7. The molecule has 0 spiro atoms. The minimum atomic E-state index is -0.106. The molecule has 0 radical (unpaired) electrons. The highest BCUT2D eigenvalue weighted by Crippen LogP contribution is 2.33. The summed E-state index contributed by atoms with van der Waals surface area (Å²) in [5, 5.41) is 3.25. The first-order valence-corrected chi connectivity index (χ1v) is 11.1. The molecule has 0 unspecified atom stereocenters. The second-order valence-electron chi connectivity index (χ2n) is 7.10. The molecule has 1 amide bonds. The molecule has 156 valence electrons. The number of carbonyl (C=O) groups is 1. The number of carbonyl (C=O) groups excluding carboxylic acids is 1. The first kappa shape index (κ1) is 21.1. The van der Waals surface area contributed by atoms with Crippen LogP contribution in [0.15, 0.2) is 84.2 Å². The lowest BCUT2D eigenvalue weighted by atomic mass is 10.2. The topological polar surface area (TPSA) is 42.4 Å². The van der Waals surface area contributed by atoms with E-state index in [1.165, 1.54) is 11.3 Å².